The van der Waals surface area contributed by atoms with Gasteiger partial charge in [-0.25, -0.2) is 4.79 Å². The number of nitrogens with two attached hydrogens (primary N) is 2. The first-order valence-electron chi connectivity index (χ1n) is 5.68. The third-order valence-electron chi connectivity index (χ3n) is 2.93. The number of hydrogen-bond acceptors (Lipinski definition) is 4. The number of aromatic nitrogens is 1. The van der Waals surface area contributed by atoms with Crippen LogP contribution in [0.3, 0.4) is 0 Å². The van der Waals surface area contributed by atoms with E-state index < -0.39 is 5.76 Å². The number of rotatable bonds is 4. The van der Waals surface area contributed by atoms with E-state index in [9.17, 15) is 4.79 Å². The number of nitrogens with one attached hydrogen (secondary N) is 1. The Kier molecular flexibility index (Phi) is 3.31. The molecule has 0 aliphatic heterocycles. The van der Waals surface area contributed by atoms with Crippen LogP contribution in [0.15, 0.2) is 27.4 Å². The number of hydrogen-bond donors (Lipinski definition) is 3. The van der Waals surface area contributed by atoms with Gasteiger partial charge in [-0.05, 0) is 36.6 Å². The maximum atomic E-state index is 11.0. The molecule has 92 valence electrons. The van der Waals surface area contributed by atoms with Crippen molar-refractivity contribution in [3.8, 4) is 0 Å². The average molecular weight is 235 g/mol. The SMILES string of the molecule is CC(CN)CC(N)c1ccc2[nH]c(=O)oc2c1. The molecule has 2 rings (SSSR count). The molecule has 0 radical (unpaired) electrons. The van der Waals surface area contributed by atoms with Crippen LogP contribution in [-0.2, 0) is 0 Å². The maximum Gasteiger partial charge on any atom is 0.417 e. The molecule has 5 heteroatoms. The van der Waals surface area contributed by atoms with Gasteiger partial charge in [-0.1, -0.05) is 13.0 Å². The van der Waals surface area contributed by atoms with E-state index in [4.69, 9.17) is 15.9 Å². The lowest BCUT2D eigenvalue weighted by atomic mass is 9.96. The Labute approximate surface area is 98.8 Å². The van der Waals surface area contributed by atoms with Gasteiger partial charge in [0.2, 0.25) is 0 Å². The van der Waals surface area contributed by atoms with E-state index in [1.54, 1.807) is 6.07 Å². The predicted octanol–water partition coefficient (Wildman–Crippen LogP) is 1.11. The highest BCUT2D eigenvalue weighted by atomic mass is 16.4. The monoisotopic (exact) mass is 235 g/mol. The highest BCUT2D eigenvalue weighted by molar-refractivity contribution is 5.72. The molecule has 17 heavy (non-hydrogen) atoms. The van der Waals surface area contributed by atoms with Crippen molar-refractivity contribution in [1.82, 2.24) is 4.98 Å². The van der Waals surface area contributed by atoms with Crippen LogP contribution in [0.4, 0.5) is 0 Å². The van der Waals surface area contributed by atoms with Gasteiger partial charge in [-0.15, -0.1) is 0 Å². The number of oxazole rings is 1. The molecule has 2 unspecified atom stereocenters. The summed E-state index contributed by atoms with van der Waals surface area (Å²) in [6.45, 7) is 2.68. The van der Waals surface area contributed by atoms with Crippen molar-refractivity contribution in [3.63, 3.8) is 0 Å². The van der Waals surface area contributed by atoms with Crippen LogP contribution in [0.1, 0.15) is 24.9 Å². The fourth-order valence-electron chi connectivity index (χ4n) is 1.86. The average Bonchev–Trinajstić information content (AvgIpc) is 2.67. The molecule has 1 aromatic heterocycles. The van der Waals surface area contributed by atoms with E-state index in [0.29, 0.717) is 23.6 Å². The van der Waals surface area contributed by atoms with Gasteiger partial charge in [-0.2, -0.15) is 0 Å². The molecule has 1 heterocycles. The van der Waals surface area contributed by atoms with Gasteiger partial charge >= 0.3 is 5.76 Å². The molecule has 0 aliphatic carbocycles. The third-order valence-corrected chi connectivity index (χ3v) is 2.93. The summed E-state index contributed by atoms with van der Waals surface area (Å²) >= 11 is 0. The van der Waals surface area contributed by atoms with Crippen LogP contribution in [-0.4, -0.2) is 11.5 Å². The lowest BCUT2D eigenvalue weighted by Crippen LogP contribution is -2.19. The number of H-pyrrole nitrogens is 1. The van der Waals surface area contributed by atoms with Crippen LogP contribution in [0.2, 0.25) is 0 Å². The Morgan fingerprint density at radius 1 is 1.47 bits per heavy atom. The fraction of sp³-hybridized carbons (Fsp3) is 0.417. The van der Waals surface area contributed by atoms with Gasteiger partial charge in [0.25, 0.3) is 0 Å². The highest BCUT2D eigenvalue weighted by Crippen LogP contribution is 2.21. The van der Waals surface area contributed by atoms with Crippen molar-refractivity contribution in [2.24, 2.45) is 17.4 Å². The zero-order chi connectivity index (χ0) is 12.4. The summed E-state index contributed by atoms with van der Waals surface area (Å²) in [7, 11) is 0. The van der Waals surface area contributed by atoms with Crippen LogP contribution in [0, 0.1) is 5.92 Å². The zero-order valence-electron chi connectivity index (χ0n) is 9.77. The van der Waals surface area contributed by atoms with Crippen LogP contribution < -0.4 is 17.2 Å². The molecule has 0 saturated carbocycles. The Morgan fingerprint density at radius 3 is 2.94 bits per heavy atom. The number of fused-ring (bicyclic) bond motifs is 1. The first-order valence-corrected chi connectivity index (χ1v) is 5.68. The van der Waals surface area contributed by atoms with E-state index in [1.807, 2.05) is 12.1 Å². The summed E-state index contributed by atoms with van der Waals surface area (Å²) in [5.74, 6) is -0.0695. The smallest absolute Gasteiger partial charge is 0.408 e. The molecule has 0 fully saturated rings. The van der Waals surface area contributed by atoms with Crippen LogP contribution in [0.25, 0.3) is 11.1 Å². The molecule has 0 spiro atoms. The standard InChI is InChI=1S/C12H17N3O2/c1-7(6-13)4-9(14)8-2-3-10-11(5-8)17-12(16)15-10/h2-3,5,7,9H,4,6,13-14H2,1H3,(H,15,16). The summed E-state index contributed by atoms with van der Waals surface area (Å²) in [6.07, 6.45) is 0.816. The summed E-state index contributed by atoms with van der Waals surface area (Å²) in [5, 5.41) is 0. The molecular formula is C12H17N3O2. The van der Waals surface area contributed by atoms with E-state index in [1.165, 1.54) is 0 Å². The van der Waals surface area contributed by atoms with Gasteiger partial charge in [0.15, 0.2) is 5.58 Å². The molecule has 5 N–H and O–H groups in total. The summed E-state index contributed by atoms with van der Waals surface area (Å²) < 4.78 is 5.00. The molecule has 0 amide bonds. The second-order valence-electron chi connectivity index (χ2n) is 4.45. The summed E-state index contributed by atoms with van der Waals surface area (Å²) in [5.41, 5.74) is 13.9. The third kappa shape index (κ3) is 2.57. The van der Waals surface area contributed by atoms with E-state index in [0.717, 1.165) is 12.0 Å². The molecule has 0 saturated heterocycles. The minimum absolute atomic E-state index is 0.0850. The second kappa shape index (κ2) is 4.73. The Hall–Kier alpha value is -1.59. The Bertz CT molecular complexity index is 558. The van der Waals surface area contributed by atoms with E-state index >= 15 is 0 Å². The minimum Gasteiger partial charge on any atom is -0.408 e. The van der Waals surface area contributed by atoms with Crippen molar-refractivity contribution >= 4 is 11.1 Å². The predicted molar refractivity (Wildman–Crippen MR) is 66.6 cm³/mol. The molecule has 0 aliphatic rings. The summed E-state index contributed by atoms with van der Waals surface area (Å²) in [6, 6.07) is 5.43. The Balaban J connectivity index is 2.26. The normalized spacial score (nSPS) is 15.0. The van der Waals surface area contributed by atoms with Crippen molar-refractivity contribution in [2.75, 3.05) is 6.54 Å². The first-order chi connectivity index (χ1) is 8.10. The van der Waals surface area contributed by atoms with E-state index in [-0.39, 0.29) is 6.04 Å². The van der Waals surface area contributed by atoms with Crippen LogP contribution >= 0.6 is 0 Å². The van der Waals surface area contributed by atoms with Crippen molar-refractivity contribution in [3.05, 3.63) is 34.3 Å². The quantitative estimate of drug-likeness (QED) is 0.739. The molecule has 0 bridgehead atoms. The molecule has 2 aromatic rings. The van der Waals surface area contributed by atoms with Crippen molar-refractivity contribution < 1.29 is 4.42 Å². The highest BCUT2D eigenvalue weighted by Gasteiger charge is 2.12. The molecule has 1 aromatic carbocycles. The van der Waals surface area contributed by atoms with Crippen molar-refractivity contribution in [2.45, 2.75) is 19.4 Å². The maximum absolute atomic E-state index is 11.0. The van der Waals surface area contributed by atoms with Gasteiger partial charge in [0.1, 0.15) is 0 Å². The van der Waals surface area contributed by atoms with Gasteiger partial charge in [-0.3, -0.25) is 4.98 Å². The zero-order valence-corrected chi connectivity index (χ0v) is 9.77. The molecule has 5 nitrogen and oxygen atoms in total. The minimum atomic E-state index is -0.443. The second-order valence-corrected chi connectivity index (χ2v) is 4.45. The van der Waals surface area contributed by atoms with Gasteiger partial charge in [0, 0.05) is 6.04 Å². The first kappa shape index (κ1) is 11.9. The summed E-state index contributed by atoms with van der Waals surface area (Å²) in [4.78, 5) is 13.6. The topological polar surface area (TPSA) is 98.0 Å². The van der Waals surface area contributed by atoms with E-state index in [2.05, 4.69) is 11.9 Å². The lowest BCUT2D eigenvalue weighted by molar-refractivity contribution is 0.482. The van der Waals surface area contributed by atoms with Gasteiger partial charge in [0.05, 0.1) is 5.52 Å². The van der Waals surface area contributed by atoms with Crippen LogP contribution in [0.5, 0.6) is 0 Å². The fourth-order valence-corrected chi connectivity index (χ4v) is 1.86. The largest absolute Gasteiger partial charge is 0.417 e. The molecule has 2 atom stereocenters. The Morgan fingerprint density at radius 2 is 2.24 bits per heavy atom. The number of benzene rings is 1. The molecular weight excluding hydrogens is 218 g/mol. The lowest BCUT2D eigenvalue weighted by Gasteiger charge is -2.15. The number of aromatic amines is 1. The van der Waals surface area contributed by atoms with Gasteiger partial charge < -0.3 is 15.9 Å². The van der Waals surface area contributed by atoms with Crippen molar-refractivity contribution in [1.29, 1.82) is 0 Å².